The SMILES string of the molecule is C/C=C1/N=C(c2ccc(OCc3ccccc3)cc2)OC1=O. The highest BCUT2D eigenvalue weighted by Crippen LogP contribution is 2.19. The number of hydrogen-bond donors (Lipinski definition) is 0. The van der Waals surface area contributed by atoms with E-state index in [2.05, 4.69) is 4.99 Å². The van der Waals surface area contributed by atoms with Crippen LogP contribution in [0.2, 0.25) is 0 Å². The Morgan fingerprint density at radius 1 is 1.09 bits per heavy atom. The Balaban J connectivity index is 1.67. The summed E-state index contributed by atoms with van der Waals surface area (Å²) in [6.07, 6.45) is 1.63. The lowest BCUT2D eigenvalue weighted by Gasteiger charge is -2.07. The van der Waals surface area contributed by atoms with Gasteiger partial charge in [-0.3, -0.25) is 0 Å². The third kappa shape index (κ3) is 3.06. The molecule has 0 fully saturated rings. The van der Waals surface area contributed by atoms with E-state index in [1.54, 1.807) is 13.0 Å². The van der Waals surface area contributed by atoms with Crippen molar-refractivity contribution in [2.24, 2.45) is 4.99 Å². The molecule has 110 valence electrons. The number of esters is 1. The molecule has 0 aromatic heterocycles. The van der Waals surface area contributed by atoms with Gasteiger partial charge < -0.3 is 9.47 Å². The van der Waals surface area contributed by atoms with Crippen molar-refractivity contribution in [3.05, 3.63) is 77.5 Å². The molecule has 22 heavy (non-hydrogen) atoms. The van der Waals surface area contributed by atoms with Crippen molar-refractivity contribution in [2.75, 3.05) is 0 Å². The normalized spacial score (nSPS) is 15.6. The molecular weight excluding hydrogens is 278 g/mol. The zero-order chi connectivity index (χ0) is 15.4. The van der Waals surface area contributed by atoms with Gasteiger partial charge in [-0.2, -0.15) is 0 Å². The number of cyclic esters (lactones) is 1. The van der Waals surface area contributed by atoms with Crippen molar-refractivity contribution < 1.29 is 14.3 Å². The van der Waals surface area contributed by atoms with Crippen LogP contribution in [0.4, 0.5) is 0 Å². The quantitative estimate of drug-likeness (QED) is 0.640. The minimum atomic E-state index is -0.415. The van der Waals surface area contributed by atoms with E-state index in [0.29, 0.717) is 18.2 Å². The first-order valence-corrected chi connectivity index (χ1v) is 7.00. The number of rotatable bonds is 4. The highest BCUT2D eigenvalue weighted by Gasteiger charge is 2.23. The first kappa shape index (κ1) is 14.1. The molecule has 3 rings (SSSR count). The molecule has 2 aromatic carbocycles. The van der Waals surface area contributed by atoms with E-state index in [9.17, 15) is 4.79 Å². The summed E-state index contributed by atoms with van der Waals surface area (Å²) in [5.74, 6) is 0.665. The van der Waals surface area contributed by atoms with Crippen LogP contribution in [-0.2, 0) is 16.1 Å². The van der Waals surface area contributed by atoms with Crippen LogP contribution in [0.3, 0.4) is 0 Å². The molecule has 1 heterocycles. The van der Waals surface area contributed by atoms with Crippen LogP contribution < -0.4 is 4.74 Å². The summed E-state index contributed by atoms with van der Waals surface area (Å²) in [6, 6.07) is 17.3. The van der Waals surface area contributed by atoms with E-state index in [1.165, 1.54) is 0 Å². The monoisotopic (exact) mass is 293 g/mol. The van der Waals surface area contributed by atoms with Crippen LogP contribution >= 0.6 is 0 Å². The molecule has 1 aliphatic rings. The van der Waals surface area contributed by atoms with Crippen LogP contribution in [0.1, 0.15) is 18.1 Å². The van der Waals surface area contributed by atoms with Gasteiger partial charge in [0.1, 0.15) is 18.1 Å². The zero-order valence-electron chi connectivity index (χ0n) is 12.2. The first-order valence-electron chi connectivity index (χ1n) is 7.00. The second-order valence-electron chi connectivity index (χ2n) is 4.78. The van der Waals surface area contributed by atoms with E-state index in [4.69, 9.17) is 9.47 Å². The number of nitrogens with zero attached hydrogens (tertiary/aromatic N) is 1. The summed E-state index contributed by atoms with van der Waals surface area (Å²) in [4.78, 5) is 15.6. The van der Waals surface area contributed by atoms with Crippen LogP contribution in [0, 0.1) is 0 Å². The number of carbonyl (C=O) groups excluding carboxylic acids is 1. The van der Waals surface area contributed by atoms with Gasteiger partial charge in [-0.25, -0.2) is 9.79 Å². The Bertz CT molecular complexity index is 731. The van der Waals surface area contributed by atoms with E-state index >= 15 is 0 Å². The smallest absolute Gasteiger partial charge is 0.363 e. The molecule has 4 nitrogen and oxygen atoms in total. The molecule has 0 atom stereocenters. The van der Waals surface area contributed by atoms with Crippen molar-refractivity contribution in [1.29, 1.82) is 0 Å². The summed E-state index contributed by atoms with van der Waals surface area (Å²) in [5, 5.41) is 0. The minimum Gasteiger partial charge on any atom is -0.489 e. The van der Waals surface area contributed by atoms with Crippen LogP contribution in [0.5, 0.6) is 5.75 Å². The summed E-state index contributed by atoms with van der Waals surface area (Å²) < 4.78 is 10.8. The lowest BCUT2D eigenvalue weighted by molar-refractivity contribution is -0.130. The maximum Gasteiger partial charge on any atom is 0.363 e. The molecule has 0 saturated carbocycles. The number of aliphatic imine (C=N–C) groups is 1. The van der Waals surface area contributed by atoms with Gasteiger partial charge >= 0.3 is 5.97 Å². The fourth-order valence-corrected chi connectivity index (χ4v) is 2.06. The van der Waals surface area contributed by atoms with E-state index < -0.39 is 5.97 Å². The molecule has 0 aliphatic carbocycles. The number of allylic oxidation sites excluding steroid dienone is 1. The standard InChI is InChI=1S/C18H15NO3/c1-2-16-18(20)22-17(19-16)14-8-10-15(11-9-14)21-12-13-6-4-3-5-7-13/h2-11H,12H2,1H3/b16-2+. The Kier molecular flexibility index (Phi) is 4.01. The van der Waals surface area contributed by atoms with Crippen LogP contribution in [0.25, 0.3) is 0 Å². The summed E-state index contributed by atoms with van der Waals surface area (Å²) in [5.41, 5.74) is 2.19. The topological polar surface area (TPSA) is 47.9 Å². The Morgan fingerprint density at radius 2 is 1.82 bits per heavy atom. The minimum absolute atomic E-state index is 0.327. The summed E-state index contributed by atoms with van der Waals surface area (Å²) in [7, 11) is 0. The number of benzene rings is 2. The van der Waals surface area contributed by atoms with Gasteiger partial charge in [-0.05, 0) is 36.8 Å². The molecule has 0 N–H and O–H groups in total. The fourth-order valence-electron chi connectivity index (χ4n) is 2.06. The molecule has 0 spiro atoms. The predicted octanol–water partition coefficient (Wildman–Crippen LogP) is 3.47. The molecule has 1 aliphatic heterocycles. The summed E-state index contributed by atoms with van der Waals surface area (Å²) in [6.45, 7) is 2.27. The molecule has 0 amide bonds. The predicted molar refractivity (Wildman–Crippen MR) is 83.6 cm³/mol. The maximum atomic E-state index is 11.5. The number of hydrogen-bond acceptors (Lipinski definition) is 4. The van der Waals surface area contributed by atoms with Gasteiger partial charge in [0.25, 0.3) is 0 Å². The van der Waals surface area contributed by atoms with Crippen molar-refractivity contribution in [3.63, 3.8) is 0 Å². The van der Waals surface area contributed by atoms with Crippen LogP contribution in [-0.4, -0.2) is 11.9 Å². The lowest BCUT2D eigenvalue weighted by atomic mass is 10.2. The van der Waals surface area contributed by atoms with Gasteiger partial charge in [0.15, 0.2) is 0 Å². The Hall–Kier alpha value is -2.88. The molecule has 4 heteroatoms. The van der Waals surface area contributed by atoms with Gasteiger partial charge in [0.2, 0.25) is 5.90 Å². The average Bonchev–Trinajstić information content (AvgIpc) is 2.95. The largest absolute Gasteiger partial charge is 0.489 e. The van der Waals surface area contributed by atoms with Gasteiger partial charge in [0, 0.05) is 5.56 Å². The Labute approximate surface area is 128 Å². The van der Waals surface area contributed by atoms with Crippen molar-refractivity contribution in [2.45, 2.75) is 13.5 Å². The average molecular weight is 293 g/mol. The molecule has 0 saturated heterocycles. The van der Waals surface area contributed by atoms with Crippen LogP contribution in [0.15, 0.2) is 71.4 Å². The zero-order valence-corrected chi connectivity index (χ0v) is 12.2. The number of ether oxygens (including phenoxy) is 2. The molecule has 0 bridgehead atoms. The van der Waals surface area contributed by atoms with Crippen molar-refractivity contribution in [1.82, 2.24) is 0 Å². The highest BCUT2D eigenvalue weighted by molar-refractivity contribution is 6.11. The Morgan fingerprint density at radius 3 is 2.45 bits per heavy atom. The second kappa shape index (κ2) is 6.26. The third-order valence-electron chi connectivity index (χ3n) is 3.24. The van der Waals surface area contributed by atoms with Gasteiger partial charge in [0.05, 0.1) is 0 Å². The van der Waals surface area contributed by atoms with Gasteiger partial charge in [-0.1, -0.05) is 36.4 Å². The highest BCUT2D eigenvalue weighted by atomic mass is 16.6. The van der Waals surface area contributed by atoms with Crippen molar-refractivity contribution >= 4 is 11.9 Å². The number of carbonyl (C=O) groups is 1. The van der Waals surface area contributed by atoms with Crippen molar-refractivity contribution in [3.8, 4) is 5.75 Å². The van der Waals surface area contributed by atoms with E-state index in [1.807, 2.05) is 54.6 Å². The summed E-state index contributed by atoms with van der Waals surface area (Å²) >= 11 is 0. The first-order chi connectivity index (χ1) is 10.8. The molecule has 0 unspecified atom stereocenters. The van der Waals surface area contributed by atoms with Gasteiger partial charge in [-0.15, -0.1) is 0 Å². The molecule has 2 aromatic rings. The third-order valence-corrected chi connectivity index (χ3v) is 3.24. The molecule has 0 radical (unpaired) electrons. The lowest BCUT2D eigenvalue weighted by Crippen LogP contribution is -2.05. The maximum absolute atomic E-state index is 11.5. The fraction of sp³-hybridized carbons (Fsp3) is 0.111. The second-order valence-corrected chi connectivity index (χ2v) is 4.78. The van der Waals surface area contributed by atoms with E-state index in [-0.39, 0.29) is 0 Å². The van der Waals surface area contributed by atoms with E-state index in [0.717, 1.165) is 16.9 Å². The molecular formula is C18H15NO3.